The standard InChI is InChI=1S/C30H38N2O2/c1-23-18-20-26(21-19-23)30(24-13-7-5-8-14-24,25-15-9-6-10-16-25)32-22-12-11-17-27(31)28(33)34-29(2,3)4/h5-10,13-16,18-21,27,32H,11-12,17,22,31H2,1-4H3/t27-/m0/s1. The van der Waals surface area contributed by atoms with E-state index in [0.717, 1.165) is 19.4 Å². The zero-order valence-electron chi connectivity index (χ0n) is 20.9. The number of esters is 1. The molecule has 34 heavy (non-hydrogen) atoms. The van der Waals surface area contributed by atoms with Crippen molar-refractivity contribution in [2.45, 2.75) is 64.1 Å². The van der Waals surface area contributed by atoms with Crippen LogP contribution in [0.25, 0.3) is 0 Å². The van der Waals surface area contributed by atoms with Crippen molar-refractivity contribution >= 4 is 5.97 Å². The van der Waals surface area contributed by atoms with Gasteiger partial charge in [0, 0.05) is 0 Å². The molecule has 0 fully saturated rings. The largest absolute Gasteiger partial charge is 0.459 e. The van der Waals surface area contributed by atoms with E-state index < -0.39 is 17.2 Å². The molecule has 3 aromatic rings. The highest BCUT2D eigenvalue weighted by Gasteiger charge is 2.35. The summed E-state index contributed by atoms with van der Waals surface area (Å²) in [5.41, 5.74) is 9.89. The summed E-state index contributed by atoms with van der Waals surface area (Å²) in [5, 5.41) is 3.89. The number of ether oxygens (including phenoxy) is 1. The number of unbranched alkanes of at least 4 members (excludes halogenated alkanes) is 1. The maximum Gasteiger partial charge on any atom is 0.323 e. The first-order chi connectivity index (χ1) is 16.2. The number of hydrogen-bond acceptors (Lipinski definition) is 4. The molecule has 3 rings (SSSR count). The molecule has 0 saturated carbocycles. The Morgan fingerprint density at radius 3 is 1.82 bits per heavy atom. The Balaban J connectivity index is 1.80. The molecule has 0 aliphatic heterocycles. The van der Waals surface area contributed by atoms with E-state index in [2.05, 4.69) is 85.0 Å². The minimum atomic E-state index is -0.593. The SMILES string of the molecule is Cc1ccc(C(NCCCC[C@H](N)C(=O)OC(C)(C)C)(c2ccccc2)c2ccccc2)cc1. The fourth-order valence-electron chi connectivity index (χ4n) is 4.25. The van der Waals surface area contributed by atoms with Crippen LogP contribution in [0.1, 0.15) is 62.3 Å². The van der Waals surface area contributed by atoms with Crippen molar-refractivity contribution in [3.05, 3.63) is 107 Å². The van der Waals surface area contributed by atoms with Gasteiger partial charge in [-0.2, -0.15) is 0 Å². The summed E-state index contributed by atoms with van der Waals surface area (Å²) >= 11 is 0. The second-order valence-corrected chi connectivity index (χ2v) is 9.91. The maximum atomic E-state index is 12.2. The van der Waals surface area contributed by atoms with Crippen LogP contribution in [0.2, 0.25) is 0 Å². The van der Waals surface area contributed by atoms with E-state index in [4.69, 9.17) is 10.5 Å². The second kappa shape index (κ2) is 11.5. The van der Waals surface area contributed by atoms with Gasteiger partial charge < -0.3 is 10.5 Å². The molecule has 3 N–H and O–H groups in total. The molecule has 0 bridgehead atoms. The molecule has 0 unspecified atom stereocenters. The van der Waals surface area contributed by atoms with Crippen LogP contribution in [0.5, 0.6) is 0 Å². The summed E-state index contributed by atoms with van der Waals surface area (Å²) in [6.07, 6.45) is 2.33. The fraction of sp³-hybridized carbons (Fsp3) is 0.367. The van der Waals surface area contributed by atoms with Crippen LogP contribution in [0.15, 0.2) is 84.9 Å². The highest BCUT2D eigenvalue weighted by Crippen LogP contribution is 2.37. The van der Waals surface area contributed by atoms with Gasteiger partial charge in [-0.1, -0.05) is 96.9 Å². The van der Waals surface area contributed by atoms with Gasteiger partial charge in [-0.25, -0.2) is 0 Å². The van der Waals surface area contributed by atoms with Crippen molar-refractivity contribution in [1.82, 2.24) is 5.32 Å². The van der Waals surface area contributed by atoms with E-state index in [9.17, 15) is 4.79 Å². The number of hydrogen-bond donors (Lipinski definition) is 2. The molecule has 1 atom stereocenters. The molecule has 0 heterocycles. The van der Waals surface area contributed by atoms with E-state index in [1.165, 1.54) is 22.3 Å². The summed E-state index contributed by atoms with van der Waals surface area (Å²) in [6, 6.07) is 29.3. The lowest BCUT2D eigenvalue weighted by molar-refractivity contribution is -0.156. The first kappa shape index (κ1) is 25.7. The van der Waals surface area contributed by atoms with E-state index in [1.54, 1.807) is 0 Å². The molecule has 0 saturated heterocycles. The Hall–Kier alpha value is -2.95. The van der Waals surface area contributed by atoms with Gasteiger partial charge >= 0.3 is 5.97 Å². The molecular formula is C30H38N2O2. The van der Waals surface area contributed by atoms with Crippen LogP contribution >= 0.6 is 0 Å². The normalized spacial score (nSPS) is 12.9. The number of aryl methyl sites for hydroxylation is 1. The minimum Gasteiger partial charge on any atom is -0.459 e. The van der Waals surface area contributed by atoms with Gasteiger partial charge in [0.15, 0.2) is 0 Å². The Labute approximate surface area is 204 Å². The molecule has 4 nitrogen and oxygen atoms in total. The molecule has 3 aromatic carbocycles. The predicted molar refractivity (Wildman–Crippen MR) is 140 cm³/mol. The Kier molecular flexibility index (Phi) is 8.65. The van der Waals surface area contributed by atoms with Crippen LogP contribution in [0.4, 0.5) is 0 Å². The molecule has 0 radical (unpaired) electrons. The third-order valence-electron chi connectivity index (χ3n) is 5.94. The van der Waals surface area contributed by atoms with Crippen molar-refractivity contribution in [3.63, 3.8) is 0 Å². The number of carbonyl (C=O) groups is 1. The zero-order chi connectivity index (χ0) is 24.6. The fourth-order valence-corrected chi connectivity index (χ4v) is 4.25. The van der Waals surface area contributed by atoms with Crippen molar-refractivity contribution in [3.8, 4) is 0 Å². The summed E-state index contributed by atoms with van der Waals surface area (Å²) in [6.45, 7) is 8.47. The van der Waals surface area contributed by atoms with Gasteiger partial charge in [-0.05, 0) is 63.8 Å². The number of nitrogens with one attached hydrogen (secondary N) is 1. The van der Waals surface area contributed by atoms with Crippen LogP contribution in [0, 0.1) is 6.92 Å². The van der Waals surface area contributed by atoms with Crippen molar-refractivity contribution < 1.29 is 9.53 Å². The van der Waals surface area contributed by atoms with Crippen LogP contribution in [0.3, 0.4) is 0 Å². The lowest BCUT2D eigenvalue weighted by Crippen LogP contribution is -2.45. The predicted octanol–water partition coefficient (Wildman–Crippen LogP) is 5.72. The molecule has 0 aliphatic carbocycles. The third kappa shape index (κ3) is 6.55. The first-order valence-electron chi connectivity index (χ1n) is 12.1. The number of carbonyl (C=O) groups excluding carboxylic acids is 1. The second-order valence-electron chi connectivity index (χ2n) is 9.91. The zero-order valence-corrected chi connectivity index (χ0v) is 20.9. The van der Waals surface area contributed by atoms with E-state index >= 15 is 0 Å². The van der Waals surface area contributed by atoms with E-state index in [-0.39, 0.29) is 5.97 Å². The van der Waals surface area contributed by atoms with E-state index in [1.807, 2.05) is 32.9 Å². The Bertz CT molecular complexity index is 985. The third-order valence-corrected chi connectivity index (χ3v) is 5.94. The van der Waals surface area contributed by atoms with Gasteiger partial charge in [0.05, 0.1) is 5.54 Å². The van der Waals surface area contributed by atoms with Crippen LogP contribution < -0.4 is 11.1 Å². The highest BCUT2D eigenvalue weighted by molar-refractivity contribution is 5.75. The van der Waals surface area contributed by atoms with Gasteiger partial charge in [-0.15, -0.1) is 0 Å². The monoisotopic (exact) mass is 458 g/mol. The molecule has 0 spiro atoms. The molecular weight excluding hydrogens is 420 g/mol. The lowest BCUT2D eigenvalue weighted by Gasteiger charge is -2.37. The lowest BCUT2D eigenvalue weighted by atomic mass is 9.76. The van der Waals surface area contributed by atoms with Gasteiger partial charge in [-0.3, -0.25) is 10.1 Å². The summed E-state index contributed by atoms with van der Waals surface area (Å²) in [7, 11) is 0. The van der Waals surface area contributed by atoms with Crippen molar-refractivity contribution in [2.75, 3.05) is 6.54 Å². The number of nitrogens with two attached hydrogens (primary N) is 1. The Morgan fingerprint density at radius 2 is 1.32 bits per heavy atom. The van der Waals surface area contributed by atoms with Crippen molar-refractivity contribution in [2.24, 2.45) is 5.73 Å². The molecule has 0 aliphatic rings. The average molecular weight is 459 g/mol. The topological polar surface area (TPSA) is 64.3 Å². The molecule has 4 heteroatoms. The maximum absolute atomic E-state index is 12.2. The van der Waals surface area contributed by atoms with Crippen LogP contribution in [-0.4, -0.2) is 24.2 Å². The Morgan fingerprint density at radius 1 is 0.824 bits per heavy atom. The van der Waals surface area contributed by atoms with Crippen LogP contribution in [-0.2, 0) is 15.1 Å². The minimum absolute atomic E-state index is 0.331. The van der Waals surface area contributed by atoms with Gasteiger partial charge in [0.1, 0.15) is 11.6 Å². The quantitative estimate of drug-likeness (QED) is 0.232. The van der Waals surface area contributed by atoms with Gasteiger partial charge in [0.2, 0.25) is 0 Å². The smallest absolute Gasteiger partial charge is 0.323 e. The molecule has 180 valence electrons. The van der Waals surface area contributed by atoms with Gasteiger partial charge in [0.25, 0.3) is 0 Å². The van der Waals surface area contributed by atoms with Crippen molar-refractivity contribution in [1.29, 1.82) is 0 Å². The average Bonchev–Trinajstić information content (AvgIpc) is 2.82. The van der Waals surface area contributed by atoms with E-state index in [0.29, 0.717) is 6.42 Å². The summed E-state index contributed by atoms with van der Waals surface area (Å²) < 4.78 is 5.41. The first-order valence-corrected chi connectivity index (χ1v) is 12.1. The highest BCUT2D eigenvalue weighted by atomic mass is 16.6. The molecule has 0 aromatic heterocycles. The molecule has 0 amide bonds. The summed E-state index contributed by atoms with van der Waals surface area (Å²) in [4.78, 5) is 12.2. The number of rotatable bonds is 10. The number of benzene rings is 3. The summed E-state index contributed by atoms with van der Waals surface area (Å²) in [5.74, 6) is -0.331.